The number of carbonyl (C=O) groups is 3. The van der Waals surface area contributed by atoms with E-state index >= 15 is 13.2 Å². The summed E-state index contributed by atoms with van der Waals surface area (Å²) in [4.78, 5) is 74.7. The molecule has 2 amide bonds. The fraction of sp³-hybridized carbons (Fsp3) is 0.368. The number of hydrogen-bond acceptors (Lipinski definition) is 16. The second-order valence-electron chi connectivity index (χ2n) is 21.4. The van der Waals surface area contributed by atoms with Crippen LogP contribution in [0.1, 0.15) is 68.7 Å². The van der Waals surface area contributed by atoms with Crippen molar-refractivity contribution < 1.29 is 51.3 Å². The fourth-order valence-electron chi connectivity index (χ4n) is 12.3. The molecule has 3 saturated heterocycles. The predicted molar refractivity (Wildman–Crippen MR) is 294 cm³/mol. The summed E-state index contributed by atoms with van der Waals surface area (Å²) in [7, 11) is 1.31. The first-order valence-electron chi connectivity index (χ1n) is 26.3. The van der Waals surface area contributed by atoms with Crippen LogP contribution in [0, 0.1) is 28.8 Å². The molecule has 418 valence electrons. The number of halogens is 5. The molecule has 0 spiro atoms. The Bertz CT molecular complexity index is 4040. The SMILES string of the molecule is C=C(C(=O)N1CCN(c2nc(OCC34CCCN3CC(F)C4)nc3c(F)c(-c4ccc(F)c5sc(N)c(C#N)c45)c(Cl)cc23)C(C)C1)C(C)OC(=O)N(C)c1cc2cc3c(nc2cc1F)-c1cc2c(c(=O)n1C3)COC(=O)C2(O)CC. The first-order chi connectivity index (χ1) is 38.6. The highest BCUT2D eigenvalue weighted by Crippen LogP contribution is 2.47. The molecule has 0 radical (unpaired) electrons. The predicted octanol–water partition coefficient (Wildman–Crippen LogP) is 8.64. The highest BCUT2D eigenvalue weighted by atomic mass is 35.5. The lowest BCUT2D eigenvalue weighted by molar-refractivity contribution is -0.172. The number of amides is 2. The minimum Gasteiger partial charge on any atom is -0.461 e. The quantitative estimate of drug-likeness (QED) is 0.0743. The zero-order chi connectivity index (χ0) is 57.3. The molecule has 5 atom stereocenters. The summed E-state index contributed by atoms with van der Waals surface area (Å²) in [5, 5.41) is 22.0. The summed E-state index contributed by atoms with van der Waals surface area (Å²) in [6.07, 6.45) is -1.48. The summed E-state index contributed by atoms with van der Waals surface area (Å²) in [6, 6.07) is 11.1. The van der Waals surface area contributed by atoms with Crippen LogP contribution in [0.3, 0.4) is 0 Å². The number of cyclic esters (lactones) is 1. The van der Waals surface area contributed by atoms with Crippen LogP contribution in [0.4, 0.5) is 38.9 Å². The van der Waals surface area contributed by atoms with Gasteiger partial charge in [0.15, 0.2) is 11.4 Å². The van der Waals surface area contributed by atoms with Crippen molar-refractivity contribution in [1.82, 2.24) is 29.3 Å². The van der Waals surface area contributed by atoms with E-state index in [1.54, 1.807) is 19.1 Å². The number of nitrogen functional groups attached to an aromatic ring is 1. The Kier molecular flexibility index (Phi) is 13.0. The maximum atomic E-state index is 17.5. The topological polar surface area (TPSA) is 223 Å². The van der Waals surface area contributed by atoms with E-state index in [0.717, 1.165) is 34.8 Å². The number of piperazine rings is 1. The van der Waals surface area contributed by atoms with Gasteiger partial charge in [-0.2, -0.15) is 15.2 Å². The van der Waals surface area contributed by atoms with Gasteiger partial charge < -0.3 is 39.4 Å². The lowest BCUT2D eigenvalue weighted by Crippen LogP contribution is -2.55. The lowest BCUT2D eigenvalue weighted by Gasteiger charge is -2.41. The van der Waals surface area contributed by atoms with E-state index in [9.17, 15) is 33.9 Å². The summed E-state index contributed by atoms with van der Waals surface area (Å²) in [5.74, 6) is -3.54. The zero-order valence-electron chi connectivity index (χ0n) is 44.2. The van der Waals surface area contributed by atoms with Gasteiger partial charge in [0, 0.05) is 84.6 Å². The van der Waals surface area contributed by atoms with Gasteiger partial charge in [0.25, 0.3) is 11.5 Å². The average Bonchev–Trinajstić information content (AvgIpc) is 4.28. The Morgan fingerprint density at radius 1 is 1.10 bits per heavy atom. The molecule has 5 aliphatic rings. The smallest absolute Gasteiger partial charge is 0.414 e. The molecule has 0 saturated carbocycles. The van der Waals surface area contributed by atoms with Crippen molar-refractivity contribution >= 4 is 89.3 Å². The monoisotopic (exact) mass is 1150 g/mol. The number of pyridine rings is 2. The van der Waals surface area contributed by atoms with Crippen molar-refractivity contribution in [3.05, 3.63) is 110 Å². The van der Waals surface area contributed by atoms with E-state index in [4.69, 9.17) is 36.5 Å². The summed E-state index contributed by atoms with van der Waals surface area (Å²) < 4.78 is 82.2. The molecular weight excluding hydrogens is 1100 g/mol. The number of rotatable bonds is 10. The van der Waals surface area contributed by atoms with E-state index < -0.39 is 70.4 Å². The molecule has 0 aliphatic carbocycles. The number of fused-ring (bicyclic) bond motifs is 8. The Labute approximate surface area is 468 Å². The average molecular weight is 1150 g/mol. The van der Waals surface area contributed by atoms with E-state index in [1.807, 2.05) is 17.9 Å². The van der Waals surface area contributed by atoms with Crippen LogP contribution in [0.5, 0.6) is 6.01 Å². The molecule has 9 heterocycles. The third-order valence-corrected chi connectivity index (χ3v) is 18.0. The summed E-state index contributed by atoms with van der Waals surface area (Å²) in [6.45, 7) is 10.0. The fourth-order valence-corrected chi connectivity index (χ4v) is 13.6. The molecule has 18 nitrogen and oxygen atoms in total. The summed E-state index contributed by atoms with van der Waals surface area (Å²) in [5.41, 5.74) is 4.37. The number of aromatic nitrogens is 4. The van der Waals surface area contributed by atoms with Crippen molar-refractivity contribution in [2.24, 2.45) is 0 Å². The van der Waals surface area contributed by atoms with Gasteiger partial charge in [-0.25, -0.2) is 32.1 Å². The van der Waals surface area contributed by atoms with Gasteiger partial charge in [-0.15, -0.1) is 11.3 Å². The Morgan fingerprint density at radius 2 is 1.89 bits per heavy atom. The molecule has 5 unspecified atom stereocenters. The molecule has 4 aromatic heterocycles. The number of aliphatic hydroxyl groups is 1. The number of nitrogens with two attached hydrogens (primary N) is 1. The molecular formula is C57H51ClF4N10O8S. The molecule has 81 heavy (non-hydrogen) atoms. The van der Waals surface area contributed by atoms with Crippen molar-refractivity contribution in [3.63, 3.8) is 0 Å². The first kappa shape index (κ1) is 53.7. The Hall–Kier alpha value is -7.91. The van der Waals surface area contributed by atoms with Gasteiger partial charge in [0.1, 0.15) is 59.5 Å². The van der Waals surface area contributed by atoms with Crippen molar-refractivity contribution in [3.8, 4) is 34.6 Å². The number of thiophene rings is 1. The molecule has 24 heteroatoms. The lowest BCUT2D eigenvalue weighted by atomic mass is 9.86. The van der Waals surface area contributed by atoms with E-state index in [2.05, 4.69) is 21.4 Å². The maximum Gasteiger partial charge on any atom is 0.414 e. The molecule has 7 aromatic rings. The van der Waals surface area contributed by atoms with E-state index in [-0.39, 0.29) is 146 Å². The largest absolute Gasteiger partial charge is 0.461 e. The van der Waals surface area contributed by atoms with Gasteiger partial charge in [-0.05, 0) is 75.5 Å². The highest BCUT2D eigenvalue weighted by molar-refractivity contribution is 7.23. The number of nitrogens with zero attached hydrogens (tertiary/aromatic N) is 9. The van der Waals surface area contributed by atoms with Crippen LogP contribution >= 0.6 is 22.9 Å². The summed E-state index contributed by atoms with van der Waals surface area (Å²) >= 11 is 7.83. The van der Waals surface area contributed by atoms with Gasteiger partial charge in [-0.1, -0.05) is 31.2 Å². The van der Waals surface area contributed by atoms with E-state index in [1.165, 1.54) is 41.6 Å². The molecule has 3 aromatic carbocycles. The molecule has 0 bridgehead atoms. The standard InChI is InChI=1S/C57H51ClF4N10O8S/c1-6-57(77)36-17-42-46-30(22-72(42)52(74)35(36)24-78-53(57)75)14-29-15-41(39(61)18-40(29)65-46)68(5)55(76)80-28(4)27(3)51(73)69-12-13-71(26(2)21-69)50-33-16-37(58)44(32-8-9-38(60)48-43(32)34(20-63)49(64)81-48)45(62)47(33)66-54(67-50)79-25-56-10-7-11-70(56)23-31(59)19-56/h8-9,14-18,26,28,31,77H,3,6-7,10-13,19,21-25,64H2,1-2,4-5H3. The van der Waals surface area contributed by atoms with Crippen LogP contribution in [0.25, 0.3) is 54.4 Å². The zero-order valence-corrected chi connectivity index (χ0v) is 45.7. The Morgan fingerprint density at radius 3 is 2.64 bits per heavy atom. The van der Waals surface area contributed by atoms with E-state index in [0.29, 0.717) is 35.3 Å². The van der Waals surface area contributed by atoms with Crippen molar-refractivity contribution in [2.45, 2.75) is 89.1 Å². The van der Waals surface area contributed by atoms with Gasteiger partial charge >= 0.3 is 18.1 Å². The number of alkyl halides is 1. The number of anilines is 3. The first-order valence-corrected chi connectivity index (χ1v) is 27.5. The van der Waals surface area contributed by atoms with Gasteiger partial charge in [-0.3, -0.25) is 19.4 Å². The second-order valence-corrected chi connectivity index (χ2v) is 22.8. The minimum atomic E-state index is -2.02. The van der Waals surface area contributed by atoms with Crippen LogP contribution in [-0.2, 0) is 37.8 Å². The Balaban J connectivity index is 0.775. The molecule has 12 rings (SSSR count). The third kappa shape index (κ3) is 8.50. The number of ether oxygens (including phenoxy) is 3. The van der Waals surface area contributed by atoms with Crippen molar-refractivity contribution in [1.29, 1.82) is 5.26 Å². The highest BCUT2D eigenvalue weighted by Gasteiger charge is 2.50. The number of carbonyl (C=O) groups excluding carboxylic acids is 3. The number of esters is 1. The second kappa shape index (κ2) is 19.7. The van der Waals surface area contributed by atoms with Crippen molar-refractivity contribution in [2.75, 3.05) is 61.9 Å². The van der Waals surface area contributed by atoms with Crippen LogP contribution < -0.4 is 25.8 Å². The van der Waals surface area contributed by atoms with Crippen LogP contribution in [-0.4, -0.2) is 123 Å². The van der Waals surface area contributed by atoms with Gasteiger partial charge in [0.2, 0.25) is 0 Å². The third-order valence-electron chi connectivity index (χ3n) is 16.7. The number of benzene rings is 3. The number of hydrogen-bond donors (Lipinski definition) is 2. The van der Waals surface area contributed by atoms with Crippen LogP contribution in [0.15, 0.2) is 59.4 Å². The maximum absolute atomic E-state index is 17.5. The molecule has 3 N–H and O–H groups in total. The van der Waals surface area contributed by atoms with Gasteiger partial charge in [0.05, 0.1) is 61.1 Å². The normalized spacial score (nSPS) is 21.6. The minimum absolute atomic E-state index is 0.0300. The van der Waals surface area contributed by atoms with Crippen LogP contribution in [0.2, 0.25) is 5.02 Å². The number of nitriles is 1. The molecule has 3 fully saturated rings. The molecule has 5 aliphatic heterocycles.